The minimum atomic E-state index is -0.261. The molecule has 1 aliphatic rings. The van der Waals surface area contributed by atoms with E-state index in [4.69, 9.17) is 4.74 Å². The molecule has 0 aromatic heterocycles. The highest BCUT2D eigenvalue weighted by atomic mass is 35.5. The molecule has 1 fully saturated rings. The maximum atomic E-state index is 12.3. The number of hydrogen-bond donors (Lipinski definition) is 2. The summed E-state index contributed by atoms with van der Waals surface area (Å²) in [7, 11) is 1.66. The van der Waals surface area contributed by atoms with Crippen molar-refractivity contribution in [3.8, 4) is 0 Å². The first kappa shape index (κ1) is 21.4. The topological polar surface area (TPSA) is 70.7 Å². The van der Waals surface area contributed by atoms with Gasteiger partial charge < -0.3 is 20.3 Å². The number of halogens is 1. The fourth-order valence-corrected chi connectivity index (χ4v) is 2.91. The van der Waals surface area contributed by atoms with Gasteiger partial charge in [-0.2, -0.15) is 0 Å². The lowest BCUT2D eigenvalue weighted by Gasteiger charge is -2.25. The molecule has 2 N–H and O–H groups in total. The van der Waals surface area contributed by atoms with E-state index < -0.39 is 0 Å². The van der Waals surface area contributed by atoms with Crippen molar-refractivity contribution >= 4 is 24.2 Å². The molecule has 2 unspecified atom stereocenters. The van der Waals surface area contributed by atoms with Crippen molar-refractivity contribution in [1.29, 1.82) is 0 Å². The Kier molecular flexibility index (Phi) is 9.49. The molecule has 1 aromatic rings. The summed E-state index contributed by atoms with van der Waals surface area (Å²) in [6.07, 6.45) is 0.292. The molecule has 25 heavy (non-hydrogen) atoms. The van der Waals surface area contributed by atoms with E-state index in [2.05, 4.69) is 10.6 Å². The summed E-state index contributed by atoms with van der Waals surface area (Å²) in [6, 6.07) is 9.90. The van der Waals surface area contributed by atoms with E-state index >= 15 is 0 Å². The molecule has 6 nitrogen and oxygen atoms in total. The first-order valence-corrected chi connectivity index (χ1v) is 8.45. The van der Waals surface area contributed by atoms with Crippen molar-refractivity contribution in [2.75, 3.05) is 39.9 Å². The van der Waals surface area contributed by atoms with Gasteiger partial charge in [-0.3, -0.25) is 9.59 Å². The molecule has 1 aliphatic heterocycles. The first-order valence-electron chi connectivity index (χ1n) is 8.45. The average molecular weight is 370 g/mol. The maximum absolute atomic E-state index is 12.3. The number of nitrogens with zero attached hydrogens (tertiary/aromatic N) is 1. The van der Waals surface area contributed by atoms with Crippen LogP contribution in [0.1, 0.15) is 24.9 Å². The number of benzene rings is 1. The second kappa shape index (κ2) is 11.1. The van der Waals surface area contributed by atoms with Crippen LogP contribution in [0.2, 0.25) is 0 Å². The number of methoxy groups -OCH3 is 1. The van der Waals surface area contributed by atoms with Gasteiger partial charge in [0.1, 0.15) is 0 Å². The van der Waals surface area contributed by atoms with Gasteiger partial charge in [0.05, 0.1) is 18.6 Å². The van der Waals surface area contributed by atoms with Crippen LogP contribution in [0.15, 0.2) is 30.3 Å². The maximum Gasteiger partial charge on any atom is 0.225 e. The second-order valence-electron chi connectivity index (χ2n) is 6.07. The lowest BCUT2D eigenvalue weighted by atomic mass is 10.1. The number of ether oxygens (including phenoxy) is 1. The van der Waals surface area contributed by atoms with Crippen LogP contribution in [-0.2, 0) is 14.3 Å². The molecular formula is C18H28ClN3O3. The van der Waals surface area contributed by atoms with Crippen LogP contribution in [0, 0.1) is 5.92 Å². The zero-order valence-electron chi connectivity index (χ0n) is 14.9. The number of rotatable bonds is 9. The third-order valence-electron chi connectivity index (χ3n) is 4.36. The lowest BCUT2D eigenvalue weighted by molar-refractivity contribution is -0.130. The molecule has 1 heterocycles. The summed E-state index contributed by atoms with van der Waals surface area (Å²) < 4.78 is 4.94. The molecule has 0 aliphatic carbocycles. The summed E-state index contributed by atoms with van der Waals surface area (Å²) in [6.45, 7) is 5.15. The Morgan fingerprint density at radius 1 is 1.28 bits per heavy atom. The Labute approximate surface area is 155 Å². The van der Waals surface area contributed by atoms with Gasteiger partial charge in [0, 0.05) is 39.7 Å². The summed E-state index contributed by atoms with van der Waals surface area (Å²) in [5, 5.41) is 6.07. The Morgan fingerprint density at radius 2 is 2.00 bits per heavy atom. The van der Waals surface area contributed by atoms with Crippen LogP contribution in [0.25, 0.3) is 0 Å². The monoisotopic (exact) mass is 369 g/mol. The second-order valence-corrected chi connectivity index (χ2v) is 6.07. The van der Waals surface area contributed by atoms with Crippen molar-refractivity contribution < 1.29 is 14.3 Å². The third kappa shape index (κ3) is 6.30. The van der Waals surface area contributed by atoms with Crippen LogP contribution in [-0.4, -0.2) is 56.6 Å². The van der Waals surface area contributed by atoms with Crippen LogP contribution >= 0.6 is 12.4 Å². The Bertz CT molecular complexity index is 542. The van der Waals surface area contributed by atoms with Crippen molar-refractivity contribution in [1.82, 2.24) is 15.5 Å². The van der Waals surface area contributed by atoms with Crippen molar-refractivity contribution in [3.63, 3.8) is 0 Å². The molecule has 0 saturated carbocycles. The highest BCUT2D eigenvalue weighted by molar-refractivity contribution is 5.89. The molecule has 0 radical (unpaired) electrons. The quantitative estimate of drug-likeness (QED) is 0.645. The summed E-state index contributed by atoms with van der Waals surface area (Å²) in [5.41, 5.74) is 1.09. The van der Waals surface area contributed by atoms with Gasteiger partial charge in [0.2, 0.25) is 11.8 Å². The molecule has 1 aromatic carbocycles. The molecule has 2 amide bonds. The highest BCUT2D eigenvalue weighted by Gasteiger charge is 2.36. The number of hydrogen-bond acceptors (Lipinski definition) is 4. The van der Waals surface area contributed by atoms with Gasteiger partial charge in [0.15, 0.2) is 0 Å². The zero-order chi connectivity index (χ0) is 17.4. The van der Waals surface area contributed by atoms with E-state index in [1.54, 1.807) is 12.0 Å². The third-order valence-corrected chi connectivity index (χ3v) is 4.36. The fourth-order valence-electron chi connectivity index (χ4n) is 2.91. The molecule has 2 atom stereocenters. The summed E-state index contributed by atoms with van der Waals surface area (Å²) in [4.78, 5) is 26.3. The molecular weight excluding hydrogens is 342 g/mol. The number of nitrogens with one attached hydrogen (secondary N) is 2. The van der Waals surface area contributed by atoms with E-state index in [9.17, 15) is 9.59 Å². The van der Waals surface area contributed by atoms with E-state index in [0.29, 0.717) is 32.7 Å². The Balaban J connectivity index is 0.00000312. The van der Waals surface area contributed by atoms with Crippen LogP contribution in [0.4, 0.5) is 0 Å². The van der Waals surface area contributed by atoms with Gasteiger partial charge in [-0.05, 0) is 12.5 Å². The number of amides is 2. The van der Waals surface area contributed by atoms with Gasteiger partial charge >= 0.3 is 0 Å². The minimum absolute atomic E-state index is 0. The largest absolute Gasteiger partial charge is 0.383 e. The molecule has 140 valence electrons. The Morgan fingerprint density at radius 3 is 2.68 bits per heavy atom. The van der Waals surface area contributed by atoms with Crippen molar-refractivity contribution in [2.45, 2.75) is 19.4 Å². The smallest absolute Gasteiger partial charge is 0.225 e. The minimum Gasteiger partial charge on any atom is -0.383 e. The van der Waals surface area contributed by atoms with E-state index in [1.807, 2.05) is 37.3 Å². The molecule has 0 spiro atoms. The van der Waals surface area contributed by atoms with E-state index in [0.717, 1.165) is 12.1 Å². The van der Waals surface area contributed by atoms with E-state index in [-0.39, 0.29) is 36.2 Å². The Hall–Kier alpha value is -1.63. The average Bonchev–Trinajstić information content (AvgIpc) is 3.00. The van der Waals surface area contributed by atoms with Crippen molar-refractivity contribution in [3.05, 3.63) is 35.9 Å². The number of likely N-dealkylation sites (tertiary alicyclic amines) is 1. The molecule has 0 bridgehead atoms. The van der Waals surface area contributed by atoms with Crippen LogP contribution in [0.3, 0.4) is 0 Å². The van der Waals surface area contributed by atoms with Crippen molar-refractivity contribution in [2.24, 2.45) is 5.92 Å². The van der Waals surface area contributed by atoms with Gasteiger partial charge in [-0.15, -0.1) is 12.4 Å². The SMILES string of the molecule is COCCNCCNC(=O)C1CC(=O)N(C(C)c2ccccc2)C1.Cl. The predicted octanol–water partition coefficient (Wildman–Crippen LogP) is 1.37. The van der Waals surface area contributed by atoms with Crippen LogP contribution < -0.4 is 10.6 Å². The first-order chi connectivity index (χ1) is 11.6. The number of carbonyl (C=O) groups excluding carboxylic acids is 2. The van der Waals surface area contributed by atoms with Gasteiger partial charge in [-0.25, -0.2) is 0 Å². The summed E-state index contributed by atoms with van der Waals surface area (Å²) >= 11 is 0. The summed E-state index contributed by atoms with van der Waals surface area (Å²) in [5.74, 6) is -0.257. The standard InChI is InChI=1S/C18H27N3O3.ClH/c1-14(15-6-4-3-5-7-15)21-13-16(12-17(21)22)18(23)20-9-8-19-10-11-24-2;/h3-7,14,16,19H,8-13H2,1-2H3,(H,20,23);1H. The molecule has 7 heteroatoms. The van der Waals surface area contributed by atoms with Crippen LogP contribution in [0.5, 0.6) is 0 Å². The molecule has 2 rings (SSSR count). The normalized spacial score (nSPS) is 17.9. The number of carbonyl (C=O) groups is 2. The predicted molar refractivity (Wildman–Crippen MR) is 99.7 cm³/mol. The van der Waals surface area contributed by atoms with Gasteiger partial charge in [-0.1, -0.05) is 30.3 Å². The molecule has 1 saturated heterocycles. The highest BCUT2D eigenvalue weighted by Crippen LogP contribution is 2.28. The zero-order valence-corrected chi connectivity index (χ0v) is 15.7. The van der Waals surface area contributed by atoms with Gasteiger partial charge in [0.25, 0.3) is 0 Å². The van der Waals surface area contributed by atoms with E-state index in [1.165, 1.54) is 0 Å². The lowest BCUT2D eigenvalue weighted by Crippen LogP contribution is -2.37. The fraction of sp³-hybridized carbons (Fsp3) is 0.556.